The predicted octanol–water partition coefficient (Wildman–Crippen LogP) is 16.6. The van der Waals surface area contributed by atoms with Crippen molar-refractivity contribution in [3.63, 3.8) is 0 Å². The molecule has 0 saturated carbocycles. The minimum atomic E-state index is -2.40. The summed E-state index contributed by atoms with van der Waals surface area (Å²) in [7, 11) is -2.40. The average molecular weight is 1010 g/mol. The highest BCUT2D eigenvalue weighted by atomic mass is 28.3. The van der Waals surface area contributed by atoms with Crippen LogP contribution in [0.3, 0.4) is 0 Å². The summed E-state index contributed by atoms with van der Waals surface area (Å²) in [6.45, 7) is 5.03. The lowest BCUT2D eigenvalue weighted by atomic mass is 9.66. The highest BCUT2D eigenvalue weighted by Gasteiger charge is 2.52. The maximum atomic E-state index is 6.71. The number of benzene rings is 11. The summed E-state index contributed by atoms with van der Waals surface area (Å²) in [6, 6.07) is 92.2. The standard InChI is InChI=1S/C72H48N4OSi/c1-78(2)65-35-18-11-26-54(65)67-55(42-41-52(68(67)78)51-27-19-31-60-66(51)53-25-9-12-28-57(53)72(60)58-29-13-16-33-63(58)77-64-34-17-14-30-59(64)72)71-74-69(46-20-5-3-6-21-46)73-70(75-71)47-38-36-45(37-39-47)48-40-43-62-56(44-48)50-24-10-15-32-61(50)76(62)49-22-7-4-8-23-49/h3-44H,1-2H3. The van der Waals surface area contributed by atoms with E-state index in [1.165, 1.54) is 76.7 Å². The molecule has 2 aliphatic heterocycles. The van der Waals surface area contributed by atoms with Crippen LogP contribution in [0, 0.1) is 0 Å². The minimum absolute atomic E-state index is 0.572. The zero-order valence-electron chi connectivity index (χ0n) is 42.9. The molecule has 0 radical (unpaired) electrons. The van der Waals surface area contributed by atoms with Gasteiger partial charge in [-0.2, -0.15) is 0 Å². The van der Waals surface area contributed by atoms with E-state index in [2.05, 4.69) is 266 Å². The molecule has 3 aliphatic rings. The number of hydrogen-bond acceptors (Lipinski definition) is 4. The van der Waals surface area contributed by atoms with E-state index in [0.29, 0.717) is 17.5 Å². The van der Waals surface area contributed by atoms with Crippen LogP contribution >= 0.6 is 0 Å². The fourth-order valence-corrected chi connectivity index (χ4v) is 17.1. The summed E-state index contributed by atoms with van der Waals surface area (Å²) < 4.78 is 9.07. The van der Waals surface area contributed by atoms with Crippen LogP contribution in [0.15, 0.2) is 255 Å². The number of hydrogen-bond donors (Lipinski definition) is 0. The van der Waals surface area contributed by atoms with Crippen molar-refractivity contribution in [3.05, 3.63) is 277 Å². The SMILES string of the molecule is C[Si]1(C)c2ccccc2-c2c(-c3nc(-c4ccccc4)nc(-c4ccc(-c5ccc6c(c5)c5ccccc5n6-c5ccccc5)cc4)n3)ccc(-c3cccc4c3-c3ccccc3C43c4ccccc4Oc4ccccc43)c21. The fourth-order valence-electron chi connectivity index (χ4n) is 13.6. The topological polar surface area (TPSA) is 52.8 Å². The van der Waals surface area contributed by atoms with Gasteiger partial charge < -0.3 is 9.30 Å². The Kier molecular flexibility index (Phi) is 9.63. The van der Waals surface area contributed by atoms with Crippen LogP contribution < -0.4 is 15.1 Å². The highest BCUT2D eigenvalue weighted by Crippen LogP contribution is 2.63. The number of para-hydroxylation sites is 4. The van der Waals surface area contributed by atoms with Gasteiger partial charge in [-0.3, -0.25) is 0 Å². The van der Waals surface area contributed by atoms with Crippen molar-refractivity contribution in [2.45, 2.75) is 18.5 Å². The van der Waals surface area contributed by atoms with Crippen LogP contribution in [0.4, 0.5) is 0 Å². The second-order valence-electron chi connectivity index (χ2n) is 21.4. The van der Waals surface area contributed by atoms with Crippen LogP contribution in [-0.4, -0.2) is 27.6 Å². The summed E-state index contributed by atoms with van der Waals surface area (Å²) in [4.78, 5) is 16.1. The van der Waals surface area contributed by atoms with Crippen molar-refractivity contribution in [1.29, 1.82) is 0 Å². The molecule has 78 heavy (non-hydrogen) atoms. The lowest BCUT2D eigenvalue weighted by Gasteiger charge is -2.39. The van der Waals surface area contributed by atoms with Gasteiger partial charge in [-0.25, -0.2) is 15.0 Å². The Morgan fingerprint density at radius 1 is 0.359 bits per heavy atom. The minimum Gasteiger partial charge on any atom is -0.457 e. The van der Waals surface area contributed by atoms with Crippen molar-refractivity contribution >= 4 is 40.3 Å². The maximum absolute atomic E-state index is 6.71. The van der Waals surface area contributed by atoms with Gasteiger partial charge in [-0.05, 0) is 115 Å². The Labute approximate surface area is 453 Å². The van der Waals surface area contributed by atoms with E-state index in [1.54, 1.807) is 0 Å². The molecule has 366 valence electrons. The summed E-state index contributed by atoms with van der Waals surface area (Å²) in [5.74, 6) is 3.71. The molecule has 0 amide bonds. The van der Waals surface area contributed by atoms with Crippen molar-refractivity contribution in [1.82, 2.24) is 19.5 Å². The molecule has 0 N–H and O–H groups in total. The summed E-state index contributed by atoms with van der Waals surface area (Å²) in [5.41, 5.74) is 20.5. The van der Waals surface area contributed by atoms with E-state index < -0.39 is 13.5 Å². The summed E-state index contributed by atoms with van der Waals surface area (Å²) in [6.07, 6.45) is 0. The molecule has 1 aliphatic carbocycles. The van der Waals surface area contributed by atoms with E-state index in [9.17, 15) is 0 Å². The highest BCUT2D eigenvalue weighted by molar-refractivity contribution is 7.04. The summed E-state index contributed by atoms with van der Waals surface area (Å²) in [5, 5.41) is 5.27. The average Bonchev–Trinajstić information content (AvgIpc) is 4.16. The molecule has 0 fully saturated rings. The van der Waals surface area contributed by atoms with E-state index in [-0.39, 0.29) is 0 Å². The number of fused-ring (bicyclic) bond motifs is 15. The molecule has 0 unspecified atom stereocenters. The van der Waals surface area contributed by atoms with Crippen LogP contribution in [0.5, 0.6) is 11.5 Å². The largest absolute Gasteiger partial charge is 0.457 e. The lowest BCUT2D eigenvalue weighted by molar-refractivity contribution is 0.436. The monoisotopic (exact) mass is 1010 g/mol. The molecular formula is C72H48N4OSi. The third-order valence-electron chi connectivity index (χ3n) is 16.9. The third kappa shape index (κ3) is 6.32. The van der Waals surface area contributed by atoms with Gasteiger partial charge in [-0.15, -0.1) is 0 Å². The molecule has 16 rings (SSSR count). The number of nitrogens with zero attached hydrogens (tertiary/aromatic N) is 4. The van der Waals surface area contributed by atoms with E-state index in [4.69, 9.17) is 19.7 Å². The second-order valence-corrected chi connectivity index (χ2v) is 25.7. The van der Waals surface area contributed by atoms with Gasteiger partial charge in [0.1, 0.15) is 19.6 Å². The zero-order chi connectivity index (χ0) is 51.7. The van der Waals surface area contributed by atoms with E-state index in [0.717, 1.165) is 56.1 Å². The van der Waals surface area contributed by atoms with Gasteiger partial charge >= 0.3 is 0 Å². The quantitative estimate of drug-likeness (QED) is 0.156. The van der Waals surface area contributed by atoms with E-state index >= 15 is 0 Å². The molecule has 11 aromatic carbocycles. The third-order valence-corrected chi connectivity index (χ3v) is 20.5. The molecule has 0 bridgehead atoms. The fraction of sp³-hybridized carbons (Fsp3) is 0.0417. The van der Waals surface area contributed by atoms with Gasteiger partial charge in [-0.1, -0.05) is 219 Å². The van der Waals surface area contributed by atoms with Crippen LogP contribution in [-0.2, 0) is 5.41 Å². The van der Waals surface area contributed by atoms with Crippen molar-refractivity contribution in [2.75, 3.05) is 0 Å². The van der Waals surface area contributed by atoms with Crippen LogP contribution in [0.1, 0.15) is 22.3 Å². The van der Waals surface area contributed by atoms with E-state index in [1.807, 2.05) is 6.07 Å². The first kappa shape index (κ1) is 44.5. The predicted molar refractivity (Wildman–Crippen MR) is 321 cm³/mol. The second kappa shape index (κ2) is 16.9. The zero-order valence-corrected chi connectivity index (χ0v) is 43.9. The molecule has 0 atom stereocenters. The van der Waals surface area contributed by atoms with Crippen LogP contribution in [0.25, 0.3) is 106 Å². The lowest BCUT2D eigenvalue weighted by Crippen LogP contribution is -2.50. The van der Waals surface area contributed by atoms with Crippen molar-refractivity contribution in [3.8, 4) is 95.9 Å². The number of aromatic nitrogens is 4. The van der Waals surface area contributed by atoms with Crippen molar-refractivity contribution in [2.24, 2.45) is 0 Å². The van der Waals surface area contributed by atoms with Crippen LogP contribution in [0.2, 0.25) is 13.1 Å². The Morgan fingerprint density at radius 2 is 0.897 bits per heavy atom. The molecule has 1 spiro atoms. The molecule has 0 saturated heterocycles. The first-order valence-corrected chi connectivity index (χ1v) is 29.8. The number of rotatable bonds is 6. The van der Waals surface area contributed by atoms with Crippen molar-refractivity contribution < 1.29 is 4.74 Å². The van der Waals surface area contributed by atoms with Gasteiger partial charge in [0.15, 0.2) is 17.5 Å². The van der Waals surface area contributed by atoms with Gasteiger partial charge in [0.05, 0.1) is 16.4 Å². The molecule has 6 heteroatoms. The Bertz CT molecular complexity index is 4570. The Morgan fingerprint density at radius 3 is 1.65 bits per heavy atom. The normalized spacial score (nSPS) is 13.8. The first-order chi connectivity index (χ1) is 38.4. The van der Waals surface area contributed by atoms with Gasteiger partial charge in [0, 0.05) is 44.3 Å². The molecule has 5 nitrogen and oxygen atoms in total. The smallest absolute Gasteiger partial charge is 0.164 e. The van der Waals surface area contributed by atoms with Gasteiger partial charge in [0.2, 0.25) is 0 Å². The Balaban J connectivity index is 0.869. The molecular weight excluding hydrogens is 965 g/mol. The first-order valence-electron chi connectivity index (χ1n) is 26.8. The Hall–Kier alpha value is -9.75. The maximum Gasteiger partial charge on any atom is 0.164 e. The number of ether oxygens (including phenoxy) is 1. The molecule has 4 heterocycles. The molecule has 13 aromatic rings. The summed E-state index contributed by atoms with van der Waals surface area (Å²) >= 11 is 0. The van der Waals surface area contributed by atoms with Gasteiger partial charge in [0.25, 0.3) is 0 Å². The molecule has 2 aromatic heterocycles.